The summed E-state index contributed by atoms with van der Waals surface area (Å²) in [5, 5.41) is 1.24. The number of hydrogen-bond acceptors (Lipinski definition) is 1. The van der Waals surface area contributed by atoms with Gasteiger partial charge in [0, 0.05) is 0 Å². The van der Waals surface area contributed by atoms with Crippen LogP contribution in [0.25, 0.3) is 22.3 Å². The standard InChI is InChI=1S/C23H20OSe/c1-2-8-17-13-15-19(16-14-17)25-23-20-11-6-7-12-21(20)24-22(23)18-9-4-3-5-10-18/h3-7,9-16H,2,8H2,1H3. The van der Waals surface area contributed by atoms with Gasteiger partial charge in [0.05, 0.1) is 0 Å². The first-order chi connectivity index (χ1) is 12.3. The van der Waals surface area contributed by atoms with E-state index in [4.69, 9.17) is 4.42 Å². The fourth-order valence-corrected chi connectivity index (χ4v) is 5.21. The molecule has 0 bridgehead atoms. The number of benzene rings is 3. The molecule has 0 aliphatic heterocycles. The average molecular weight is 391 g/mol. The van der Waals surface area contributed by atoms with E-state index in [0.29, 0.717) is 0 Å². The minimum atomic E-state index is 0.211. The molecule has 0 saturated heterocycles. The number of aryl methyl sites for hydroxylation is 1. The molecule has 0 spiro atoms. The molecule has 3 aromatic carbocycles. The third-order valence-corrected chi connectivity index (χ3v) is 6.61. The van der Waals surface area contributed by atoms with Gasteiger partial charge in [0.2, 0.25) is 0 Å². The normalized spacial score (nSPS) is 11.1. The predicted octanol–water partition coefficient (Wildman–Crippen LogP) is 4.71. The molecule has 0 radical (unpaired) electrons. The van der Waals surface area contributed by atoms with Crippen LogP contribution < -0.4 is 8.92 Å². The topological polar surface area (TPSA) is 13.1 Å². The van der Waals surface area contributed by atoms with E-state index < -0.39 is 0 Å². The van der Waals surface area contributed by atoms with Gasteiger partial charge in [-0.1, -0.05) is 0 Å². The van der Waals surface area contributed by atoms with E-state index in [1.807, 2.05) is 12.1 Å². The van der Waals surface area contributed by atoms with Crippen LogP contribution in [0.4, 0.5) is 0 Å². The van der Waals surface area contributed by atoms with Crippen molar-refractivity contribution >= 4 is 34.8 Å². The Morgan fingerprint density at radius 1 is 0.800 bits per heavy atom. The monoisotopic (exact) mass is 392 g/mol. The van der Waals surface area contributed by atoms with Crippen LogP contribution in [-0.2, 0) is 6.42 Å². The van der Waals surface area contributed by atoms with Crippen LogP contribution in [-0.4, -0.2) is 15.0 Å². The second-order valence-electron chi connectivity index (χ2n) is 6.12. The van der Waals surface area contributed by atoms with Crippen LogP contribution in [0.5, 0.6) is 0 Å². The maximum atomic E-state index is 6.24. The number of hydrogen-bond donors (Lipinski definition) is 0. The summed E-state index contributed by atoms with van der Waals surface area (Å²) in [5.74, 6) is 1.01. The van der Waals surface area contributed by atoms with Gasteiger partial charge >= 0.3 is 155 Å². The van der Waals surface area contributed by atoms with Gasteiger partial charge in [0.25, 0.3) is 0 Å². The van der Waals surface area contributed by atoms with E-state index in [1.54, 1.807) is 0 Å². The van der Waals surface area contributed by atoms with E-state index in [9.17, 15) is 0 Å². The number of furan rings is 1. The number of para-hydroxylation sites is 1. The Morgan fingerprint density at radius 3 is 2.28 bits per heavy atom. The van der Waals surface area contributed by atoms with Gasteiger partial charge in [-0.3, -0.25) is 0 Å². The molecule has 4 rings (SSSR count). The SMILES string of the molecule is CCCc1ccc([Se]c2c(-c3ccccc3)oc3ccccc23)cc1. The maximum absolute atomic E-state index is 6.24. The Kier molecular flexibility index (Phi) is 4.74. The molecular weight excluding hydrogens is 371 g/mol. The first-order valence-corrected chi connectivity index (χ1v) is 10.4. The molecule has 4 aromatic rings. The summed E-state index contributed by atoms with van der Waals surface area (Å²) in [6, 6.07) is 27.9. The van der Waals surface area contributed by atoms with Crippen molar-refractivity contribution in [2.24, 2.45) is 0 Å². The molecule has 0 atom stereocenters. The quantitative estimate of drug-likeness (QED) is 0.449. The minimum absolute atomic E-state index is 0.211. The Bertz CT molecular complexity index is 968. The summed E-state index contributed by atoms with van der Waals surface area (Å²) in [6.45, 7) is 2.22. The summed E-state index contributed by atoms with van der Waals surface area (Å²) < 4.78 is 8.95. The molecule has 124 valence electrons. The molecule has 0 aliphatic rings. The van der Waals surface area contributed by atoms with Crippen molar-refractivity contribution in [3.8, 4) is 11.3 Å². The molecule has 2 heteroatoms. The van der Waals surface area contributed by atoms with Crippen LogP contribution in [0, 0.1) is 0 Å². The summed E-state index contributed by atoms with van der Waals surface area (Å²) in [6.07, 6.45) is 2.34. The molecule has 0 fully saturated rings. The van der Waals surface area contributed by atoms with Gasteiger partial charge in [-0.15, -0.1) is 0 Å². The molecular formula is C23H20OSe. The molecule has 0 saturated carbocycles. The van der Waals surface area contributed by atoms with E-state index in [0.717, 1.165) is 23.3 Å². The molecule has 0 aliphatic carbocycles. The van der Waals surface area contributed by atoms with Gasteiger partial charge in [-0.25, -0.2) is 0 Å². The van der Waals surface area contributed by atoms with Crippen molar-refractivity contribution in [1.82, 2.24) is 0 Å². The molecule has 1 aromatic heterocycles. The summed E-state index contributed by atoms with van der Waals surface area (Å²) in [7, 11) is 0. The van der Waals surface area contributed by atoms with Gasteiger partial charge in [0.1, 0.15) is 0 Å². The Hall–Kier alpha value is -2.28. The number of rotatable bonds is 5. The zero-order valence-electron chi connectivity index (χ0n) is 14.2. The van der Waals surface area contributed by atoms with Gasteiger partial charge in [-0.05, 0) is 0 Å². The second-order valence-corrected chi connectivity index (χ2v) is 8.39. The first kappa shape index (κ1) is 16.2. The second kappa shape index (κ2) is 7.31. The first-order valence-electron chi connectivity index (χ1n) is 8.69. The van der Waals surface area contributed by atoms with Gasteiger partial charge in [0.15, 0.2) is 0 Å². The van der Waals surface area contributed by atoms with Crippen molar-refractivity contribution in [1.29, 1.82) is 0 Å². The van der Waals surface area contributed by atoms with Crippen LogP contribution in [0.2, 0.25) is 0 Å². The summed E-state index contributed by atoms with van der Waals surface area (Å²) >= 11 is 0.211. The van der Waals surface area contributed by atoms with Crippen LogP contribution >= 0.6 is 0 Å². The van der Waals surface area contributed by atoms with E-state index in [-0.39, 0.29) is 15.0 Å². The fourth-order valence-electron chi connectivity index (χ4n) is 3.03. The average Bonchev–Trinajstić information content (AvgIpc) is 3.03. The van der Waals surface area contributed by atoms with E-state index >= 15 is 0 Å². The van der Waals surface area contributed by atoms with Gasteiger partial charge < -0.3 is 0 Å². The fraction of sp³-hybridized carbons (Fsp3) is 0.130. The van der Waals surface area contributed by atoms with Crippen molar-refractivity contribution in [2.45, 2.75) is 19.8 Å². The third-order valence-electron chi connectivity index (χ3n) is 4.27. The molecule has 1 heterocycles. The number of fused-ring (bicyclic) bond motifs is 1. The van der Waals surface area contributed by atoms with Gasteiger partial charge in [-0.2, -0.15) is 0 Å². The predicted molar refractivity (Wildman–Crippen MR) is 107 cm³/mol. The van der Waals surface area contributed by atoms with Crippen LogP contribution in [0.1, 0.15) is 18.9 Å². The Labute approximate surface area is 154 Å². The summed E-state index contributed by atoms with van der Waals surface area (Å²) in [5.41, 5.74) is 3.54. The third kappa shape index (κ3) is 3.42. The van der Waals surface area contributed by atoms with Crippen molar-refractivity contribution in [3.63, 3.8) is 0 Å². The van der Waals surface area contributed by atoms with Crippen molar-refractivity contribution in [3.05, 3.63) is 84.4 Å². The zero-order chi connectivity index (χ0) is 17.1. The Balaban J connectivity index is 1.77. The molecule has 0 amide bonds. The zero-order valence-corrected chi connectivity index (χ0v) is 15.9. The molecule has 1 nitrogen and oxygen atoms in total. The Morgan fingerprint density at radius 2 is 1.52 bits per heavy atom. The molecule has 0 N–H and O–H groups in total. The van der Waals surface area contributed by atoms with E-state index in [2.05, 4.69) is 73.7 Å². The molecule has 0 unspecified atom stereocenters. The van der Waals surface area contributed by atoms with Crippen LogP contribution in [0.15, 0.2) is 83.3 Å². The molecule has 25 heavy (non-hydrogen) atoms. The van der Waals surface area contributed by atoms with Crippen LogP contribution in [0.3, 0.4) is 0 Å². The van der Waals surface area contributed by atoms with E-state index in [1.165, 1.54) is 26.3 Å². The van der Waals surface area contributed by atoms with Crippen molar-refractivity contribution < 1.29 is 4.42 Å². The van der Waals surface area contributed by atoms with Crippen molar-refractivity contribution in [2.75, 3.05) is 0 Å². The summed E-state index contributed by atoms with van der Waals surface area (Å²) in [4.78, 5) is 0.